The summed E-state index contributed by atoms with van der Waals surface area (Å²) < 4.78 is 0. The molecule has 0 radical (unpaired) electrons. The lowest BCUT2D eigenvalue weighted by atomic mass is 9.67. The molecule has 0 heterocycles. The van der Waals surface area contributed by atoms with Crippen molar-refractivity contribution in [1.82, 2.24) is 0 Å². The first-order valence-corrected chi connectivity index (χ1v) is 25.4. The van der Waals surface area contributed by atoms with Gasteiger partial charge in [-0.1, -0.05) is 238 Å². The maximum absolute atomic E-state index is 2.59. The summed E-state index contributed by atoms with van der Waals surface area (Å²) in [6.07, 6.45) is 0. The predicted octanol–water partition coefficient (Wildman–Crippen LogP) is 17.8. The van der Waals surface area contributed by atoms with E-state index >= 15 is 0 Å². The van der Waals surface area contributed by atoms with Crippen LogP contribution >= 0.6 is 0 Å². The number of hydrogen-bond donors (Lipinski definition) is 0. The molecule has 1 spiro atoms. The summed E-state index contributed by atoms with van der Waals surface area (Å²) >= 11 is 0. The van der Waals surface area contributed by atoms with E-state index in [1.807, 2.05) is 0 Å². The highest BCUT2D eigenvalue weighted by Crippen LogP contribution is 2.64. The molecule has 72 heavy (non-hydrogen) atoms. The van der Waals surface area contributed by atoms with Gasteiger partial charge in [0.15, 0.2) is 0 Å². The van der Waals surface area contributed by atoms with Crippen LogP contribution in [0.15, 0.2) is 261 Å². The lowest BCUT2D eigenvalue weighted by Gasteiger charge is -2.35. The van der Waals surface area contributed by atoms with Crippen LogP contribution in [0.5, 0.6) is 0 Å². The fourth-order valence-electron chi connectivity index (χ4n) is 14.0. The Balaban J connectivity index is 1.04. The quantitative estimate of drug-likeness (QED) is 0.161. The Labute approximate surface area is 422 Å². The highest BCUT2D eigenvalue weighted by Gasteiger charge is 2.52. The van der Waals surface area contributed by atoms with Gasteiger partial charge in [-0.2, -0.15) is 0 Å². The normalized spacial score (nSPS) is 14.9. The Kier molecular flexibility index (Phi) is 8.62. The average molecular weight is 916 g/mol. The monoisotopic (exact) mass is 915 g/mol. The van der Waals surface area contributed by atoms with Gasteiger partial charge in [0.25, 0.3) is 0 Å². The SMILES string of the molecule is CC1(C)c2ccccc2-c2cc(-c3ccccc3)c(N(c3ccc4c(c3)-c3ccccc3C43c4ccccc4-c4ccccc43)c3ccc4c(c3)C(c3ccccc3)(c3ccccc3)c3ccccc3-4)cc21. The standard InChI is InChI=1S/C71H49N/c1-69(2)60-33-17-12-31-54(60)59-44-57(46-22-6-3-7-23-46)68(45-66(59)69)72(50-38-40-56-53-30-13-18-34-61(53)70(67(56)43-50,47-24-8-4-9-25-47)48-26-10-5-11-27-48)49-39-41-65-58(42-49)55-32-16-21-37-64(55)71(65)62-35-19-14-28-51(62)52-29-15-20-36-63(52)71/h3-45H,1-2H3. The molecule has 1 nitrogen and oxygen atoms in total. The van der Waals surface area contributed by atoms with Crippen molar-refractivity contribution < 1.29 is 0 Å². The molecule has 11 aromatic carbocycles. The third-order valence-corrected chi connectivity index (χ3v) is 17.0. The van der Waals surface area contributed by atoms with E-state index in [-0.39, 0.29) is 5.41 Å². The summed E-state index contributed by atoms with van der Waals surface area (Å²) in [5.41, 5.74) is 28.0. The van der Waals surface area contributed by atoms with Crippen LogP contribution in [0.1, 0.15) is 69.5 Å². The lowest BCUT2D eigenvalue weighted by molar-refractivity contribution is 0.660. The van der Waals surface area contributed by atoms with E-state index < -0.39 is 10.8 Å². The van der Waals surface area contributed by atoms with E-state index in [4.69, 9.17) is 0 Å². The Bertz CT molecular complexity index is 3930. The van der Waals surface area contributed by atoms with Crippen LogP contribution in [0.2, 0.25) is 0 Å². The molecule has 0 aliphatic heterocycles. The average Bonchev–Trinajstić information content (AvgIpc) is 4.10. The van der Waals surface area contributed by atoms with Crippen molar-refractivity contribution in [1.29, 1.82) is 0 Å². The summed E-state index contributed by atoms with van der Waals surface area (Å²) in [6.45, 7) is 4.80. The zero-order chi connectivity index (χ0) is 47.8. The number of hydrogen-bond acceptors (Lipinski definition) is 1. The van der Waals surface area contributed by atoms with Crippen LogP contribution in [0, 0.1) is 0 Å². The van der Waals surface area contributed by atoms with Crippen molar-refractivity contribution in [3.8, 4) is 55.6 Å². The summed E-state index contributed by atoms with van der Waals surface area (Å²) in [5, 5.41) is 0. The van der Waals surface area contributed by atoms with E-state index in [0.29, 0.717) is 0 Å². The molecule has 0 bridgehead atoms. The maximum Gasteiger partial charge on any atom is 0.0725 e. The van der Waals surface area contributed by atoms with Crippen molar-refractivity contribution in [3.05, 3.63) is 316 Å². The van der Waals surface area contributed by atoms with Crippen LogP contribution in [0.25, 0.3) is 55.6 Å². The van der Waals surface area contributed by atoms with Gasteiger partial charge in [0.05, 0.1) is 16.5 Å². The van der Waals surface area contributed by atoms with Crippen molar-refractivity contribution in [2.75, 3.05) is 4.90 Å². The molecule has 0 atom stereocenters. The number of benzene rings is 11. The van der Waals surface area contributed by atoms with Gasteiger partial charge in [0.2, 0.25) is 0 Å². The third-order valence-electron chi connectivity index (χ3n) is 17.0. The van der Waals surface area contributed by atoms with Crippen molar-refractivity contribution >= 4 is 17.1 Å². The largest absolute Gasteiger partial charge is 0.310 e. The molecule has 338 valence electrons. The van der Waals surface area contributed by atoms with Gasteiger partial charge in [0.1, 0.15) is 0 Å². The molecule has 0 saturated heterocycles. The summed E-state index contributed by atoms with van der Waals surface area (Å²) in [5.74, 6) is 0. The molecule has 0 saturated carbocycles. The van der Waals surface area contributed by atoms with Crippen LogP contribution in [0.4, 0.5) is 17.1 Å². The van der Waals surface area contributed by atoms with Crippen LogP contribution < -0.4 is 4.90 Å². The van der Waals surface area contributed by atoms with Gasteiger partial charge in [-0.3, -0.25) is 0 Å². The van der Waals surface area contributed by atoms with Gasteiger partial charge in [-0.25, -0.2) is 0 Å². The Morgan fingerprint density at radius 2 is 0.639 bits per heavy atom. The van der Waals surface area contributed by atoms with Crippen molar-refractivity contribution in [2.45, 2.75) is 30.1 Å². The maximum atomic E-state index is 2.59. The number of fused-ring (bicyclic) bond motifs is 16. The number of rotatable bonds is 6. The van der Waals surface area contributed by atoms with Crippen LogP contribution in [-0.4, -0.2) is 0 Å². The summed E-state index contributed by atoms with van der Waals surface area (Å²) in [4.78, 5) is 2.59. The zero-order valence-corrected chi connectivity index (χ0v) is 40.3. The number of nitrogens with zero attached hydrogens (tertiary/aromatic N) is 1. The summed E-state index contributed by atoms with van der Waals surface area (Å²) in [7, 11) is 0. The molecule has 0 amide bonds. The first-order valence-electron chi connectivity index (χ1n) is 25.4. The zero-order valence-electron chi connectivity index (χ0n) is 40.3. The molecule has 0 aromatic heterocycles. The molecule has 15 rings (SSSR count). The molecule has 1 heteroatoms. The molecule has 4 aliphatic carbocycles. The van der Waals surface area contributed by atoms with E-state index in [9.17, 15) is 0 Å². The molecular weight excluding hydrogens is 867 g/mol. The summed E-state index contributed by atoms with van der Waals surface area (Å²) in [6, 6.07) is 98.6. The minimum Gasteiger partial charge on any atom is -0.310 e. The smallest absolute Gasteiger partial charge is 0.0725 e. The first kappa shape index (κ1) is 41.0. The lowest BCUT2D eigenvalue weighted by Crippen LogP contribution is -2.28. The van der Waals surface area contributed by atoms with Crippen LogP contribution in [0.3, 0.4) is 0 Å². The van der Waals surface area contributed by atoms with Gasteiger partial charge in [0, 0.05) is 22.4 Å². The second kappa shape index (κ2) is 15.1. The van der Waals surface area contributed by atoms with Crippen molar-refractivity contribution in [3.63, 3.8) is 0 Å². The van der Waals surface area contributed by atoms with Crippen LogP contribution in [-0.2, 0) is 16.2 Å². The van der Waals surface area contributed by atoms with Gasteiger partial charge < -0.3 is 4.90 Å². The Morgan fingerprint density at radius 3 is 1.19 bits per heavy atom. The Morgan fingerprint density at radius 1 is 0.250 bits per heavy atom. The van der Waals surface area contributed by atoms with Crippen molar-refractivity contribution in [2.24, 2.45) is 0 Å². The molecule has 0 N–H and O–H groups in total. The van der Waals surface area contributed by atoms with Gasteiger partial charge in [-0.15, -0.1) is 0 Å². The first-order chi connectivity index (χ1) is 35.5. The molecule has 0 fully saturated rings. The topological polar surface area (TPSA) is 3.24 Å². The predicted molar refractivity (Wildman–Crippen MR) is 298 cm³/mol. The molecule has 0 unspecified atom stereocenters. The fourth-order valence-corrected chi connectivity index (χ4v) is 14.0. The fraction of sp³-hybridized carbons (Fsp3) is 0.0704. The molecule has 11 aromatic rings. The Hall–Kier alpha value is -8.78. The van der Waals surface area contributed by atoms with E-state index in [1.54, 1.807) is 0 Å². The highest BCUT2D eigenvalue weighted by atomic mass is 15.1. The van der Waals surface area contributed by atoms with Gasteiger partial charge >= 0.3 is 0 Å². The molecule has 4 aliphatic rings. The molecular formula is C71H49N. The second-order valence-corrected chi connectivity index (χ2v) is 20.7. The number of anilines is 3. The minimum atomic E-state index is -0.563. The minimum absolute atomic E-state index is 0.219. The second-order valence-electron chi connectivity index (χ2n) is 20.7. The highest BCUT2D eigenvalue weighted by molar-refractivity contribution is 6.00. The van der Waals surface area contributed by atoms with Gasteiger partial charge in [-0.05, 0) is 142 Å². The van der Waals surface area contributed by atoms with E-state index in [2.05, 4.69) is 280 Å². The van der Waals surface area contributed by atoms with E-state index in [1.165, 1.54) is 111 Å². The third kappa shape index (κ3) is 5.32. The van der Waals surface area contributed by atoms with E-state index in [0.717, 1.165) is 17.1 Å².